The summed E-state index contributed by atoms with van der Waals surface area (Å²) in [4.78, 5) is 8.45. The van der Waals surface area contributed by atoms with Crippen molar-refractivity contribution in [3.63, 3.8) is 0 Å². The topological polar surface area (TPSA) is 84.3 Å². The Kier molecular flexibility index (Phi) is 6.40. The van der Waals surface area contributed by atoms with Gasteiger partial charge in [0.1, 0.15) is 0 Å². The second-order valence-electron chi connectivity index (χ2n) is 6.88. The summed E-state index contributed by atoms with van der Waals surface area (Å²) in [7, 11) is -3.49. The van der Waals surface area contributed by atoms with E-state index in [1.54, 1.807) is 38.1 Å². The van der Waals surface area contributed by atoms with Crippen molar-refractivity contribution in [1.82, 2.24) is 9.97 Å². The van der Waals surface area contributed by atoms with E-state index in [0.717, 1.165) is 12.1 Å². The minimum Gasteiger partial charge on any atom is -0.245 e. The Morgan fingerprint density at radius 1 is 1.00 bits per heavy atom. The third-order valence-corrected chi connectivity index (χ3v) is 6.60. The molecule has 0 saturated heterocycles. The van der Waals surface area contributed by atoms with E-state index in [9.17, 15) is 21.6 Å². The molecule has 3 rings (SSSR count). The van der Waals surface area contributed by atoms with Crippen LogP contribution in [0.1, 0.15) is 25.0 Å². The van der Waals surface area contributed by atoms with E-state index < -0.39 is 26.8 Å². The molecular formula is C21H19F3N4O2S. The molecule has 0 radical (unpaired) electrons. The van der Waals surface area contributed by atoms with Gasteiger partial charge >= 0.3 is 6.18 Å². The Morgan fingerprint density at radius 3 is 2.19 bits per heavy atom. The SMILES string of the molecule is CC(C)S(=O)(=O)c1ccccc1-c1cnc(N/N=C/c2ccc(C(F)(F)F)cc2)nc1. The molecule has 6 nitrogen and oxygen atoms in total. The molecular weight excluding hydrogens is 429 g/mol. The van der Waals surface area contributed by atoms with Gasteiger partial charge in [-0.1, -0.05) is 30.3 Å². The molecule has 10 heteroatoms. The van der Waals surface area contributed by atoms with Crippen LogP contribution in [-0.4, -0.2) is 29.9 Å². The van der Waals surface area contributed by atoms with Crippen molar-refractivity contribution in [3.8, 4) is 11.1 Å². The van der Waals surface area contributed by atoms with E-state index in [1.165, 1.54) is 30.7 Å². The molecule has 0 unspecified atom stereocenters. The fourth-order valence-corrected chi connectivity index (χ4v) is 3.92. The number of hydrazone groups is 1. The van der Waals surface area contributed by atoms with Crippen LogP contribution in [0.25, 0.3) is 11.1 Å². The van der Waals surface area contributed by atoms with Crippen molar-refractivity contribution in [2.75, 3.05) is 5.43 Å². The van der Waals surface area contributed by atoms with Crippen LogP contribution in [0.4, 0.5) is 19.1 Å². The quantitative estimate of drug-likeness (QED) is 0.433. The first kappa shape index (κ1) is 22.4. The monoisotopic (exact) mass is 448 g/mol. The smallest absolute Gasteiger partial charge is 0.245 e. The standard InChI is InChI=1S/C21H19F3N4O2S/c1-14(2)31(29,30)19-6-4-3-5-18(19)16-12-25-20(26-13-16)28-27-11-15-7-9-17(10-8-15)21(22,23)24/h3-14H,1-2H3,(H,25,26,28)/b27-11+. The van der Waals surface area contributed by atoms with Crippen molar-refractivity contribution < 1.29 is 21.6 Å². The first-order valence-corrected chi connectivity index (χ1v) is 10.8. The number of benzene rings is 2. The summed E-state index contributed by atoms with van der Waals surface area (Å²) in [5.74, 6) is 0.149. The van der Waals surface area contributed by atoms with Crippen LogP contribution in [0.5, 0.6) is 0 Å². The fourth-order valence-electron chi connectivity index (χ4n) is 2.65. The average Bonchev–Trinajstić information content (AvgIpc) is 2.74. The van der Waals surface area contributed by atoms with Gasteiger partial charge in [0.25, 0.3) is 0 Å². The molecule has 1 aromatic heterocycles. The summed E-state index contributed by atoms with van der Waals surface area (Å²) >= 11 is 0. The van der Waals surface area contributed by atoms with Crippen LogP contribution >= 0.6 is 0 Å². The maximum atomic E-state index is 12.6. The normalized spacial score (nSPS) is 12.5. The highest BCUT2D eigenvalue weighted by atomic mass is 32.2. The molecule has 0 bridgehead atoms. The average molecular weight is 448 g/mol. The van der Waals surface area contributed by atoms with E-state index in [1.807, 2.05) is 0 Å². The number of hydrogen-bond acceptors (Lipinski definition) is 6. The van der Waals surface area contributed by atoms with Gasteiger partial charge in [-0.25, -0.2) is 23.8 Å². The lowest BCUT2D eigenvalue weighted by molar-refractivity contribution is -0.137. The van der Waals surface area contributed by atoms with Gasteiger partial charge < -0.3 is 0 Å². The zero-order valence-corrected chi connectivity index (χ0v) is 17.4. The van der Waals surface area contributed by atoms with Crippen molar-refractivity contribution in [3.05, 3.63) is 72.1 Å². The highest BCUT2D eigenvalue weighted by Crippen LogP contribution is 2.30. The molecule has 0 fully saturated rings. The number of anilines is 1. The van der Waals surface area contributed by atoms with Crippen LogP contribution in [0.2, 0.25) is 0 Å². The molecule has 0 aliphatic carbocycles. The first-order valence-electron chi connectivity index (χ1n) is 9.20. The minimum absolute atomic E-state index is 0.149. The lowest BCUT2D eigenvalue weighted by Crippen LogP contribution is -2.15. The van der Waals surface area contributed by atoms with Gasteiger partial charge in [0.05, 0.1) is 21.9 Å². The maximum absolute atomic E-state index is 12.6. The molecule has 0 aliphatic rings. The van der Waals surface area contributed by atoms with Crippen LogP contribution in [0, 0.1) is 0 Å². The molecule has 0 atom stereocenters. The van der Waals surface area contributed by atoms with E-state index in [4.69, 9.17) is 0 Å². The van der Waals surface area contributed by atoms with Crippen molar-refractivity contribution in [1.29, 1.82) is 0 Å². The van der Waals surface area contributed by atoms with Gasteiger partial charge in [0.15, 0.2) is 9.84 Å². The lowest BCUT2D eigenvalue weighted by Gasteiger charge is -2.12. The molecule has 3 aromatic rings. The summed E-state index contributed by atoms with van der Waals surface area (Å²) in [5, 5.41) is 3.33. The summed E-state index contributed by atoms with van der Waals surface area (Å²) in [5.41, 5.74) is 3.33. The molecule has 162 valence electrons. The largest absolute Gasteiger partial charge is 0.416 e. The molecule has 1 N–H and O–H groups in total. The van der Waals surface area contributed by atoms with E-state index in [0.29, 0.717) is 16.7 Å². The van der Waals surface area contributed by atoms with E-state index >= 15 is 0 Å². The molecule has 2 aromatic carbocycles. The summed E-state index contributed by atoms with van der Waals surface area (Å²) < 4.78 is 63.0. The number of nitrogens with zero attached hydrogens (tertiary/aromatic N) is 3. The third-order valence-electron chi connectivity index (χ3n) is 4.39. The highest BCUT2D eigenvalue weighted by Gasteiger charge is 2.29. The van der Waals surface area contributed by atoms with E-state index in [-0.39, 0.29) is 10.8 Å². The number of hydrogen-bond donors (Lipinski definition) is 1. The highest BCUT2D eigenvalue weighted by molar-refractivity contribution is 7.92. The van der Waals surface area contributed by atoms with Crippen LogP contribution in [-0.2, 0) is 16.0 Å². The summed E-state index contributed by atoms with van der Waals surface area (Å²) in [6, 6.07) is 11.1. The first-order chi connectivity index (χ1) is 14.6. The second kappa shape index (κ2) is 8.84. The Hall–Kier alpha value is -3.27. The zero-order valence-electron chi connectivity index (χ0n) is 16.6. The number of halogens is 3. The fraction of sp³-hybridized carbons (Fsp3) is 0.190. The second-order valence-corrected chi connectivity index (χ2v) is 9.35. The van der Waals surface area contributed by atoms with Crippen molar-refractivity contribution >= 4 is 22.0 Å². The zero-order chi connectivity index (χ0) is 22.6. The Labute approximate surface area is 177 Å². The van der Waals surface area contributed by atoms with Gasteiger partial charge in [-0.2, -0.15) is 18.3 Å². The predicted molar refractivity (Wildman–Crippen MR) is 112 cm³/mol. The number of alkyl halides is 3. The van der Waals surface area contributed by atoms with Crippen LogP contribution < -0.4 is 5.43 Å². The Balaban J connectivity index is 1.74. The maximum Gasteiger partial charge on any atom is 0.416 e. The number of sulfone groups is 1. The predicted octanol–water partition coefficient (Wildman–Crippen LogP) is 4.79. The minimum atomic E-state index is -4.39. The van der Waals surface area contributed by atoms with Gasteiger partial charge in [0, 0.05) is 23.5 Å². The lowest BCUT2D eigenvalue weighted by atomic mass is 10.1. The molecule has 1 heterocycles. The molecule has 0 aliphatic heterocycles. The Bertz CT molecular complexity index is 1170. The van der Waals surface area contributed by atoms with Gasteiger partial charge in [0.2, 0.25) is 5.95 Å². The number of nitrogens with one attached hydrogen (secondary N) is 1. The van der Waals surface area contributed by atoms with Gasteiger partial charge in [-0.05, 0) is 37.6 Å². The Morgan fingerprint density at radius 2 is 1.61 bits per heavy atom. The van der Waals surface area contributed by atoms with Gasteiger partial charge in [-0.3, -0.25) is 0 Å². The van der Waals surface area contributed by atoms with Crippen molar-refractivity contribution in [2.24, 2.45) is 5.10 Å². The van der Waals surface area contributed by atoms with Crippen LogP contribution in [0.15, 0.2) is 70.9 Å². The third kappa shape index (κ3) is 5.26. The van der Waals surface area contributed by atoms with Crippen molar-refractivity contribution in [2.45, 2.75) is 30.2 Å². The number of rotatable bonds is 6. The van der Waals surface area contributed by atoms with Crippen LogP contribution in [0.3, 0.4) is 0 Å². The molecule has 0 amide bonds. The summed E-state index contributed by atoms with van der Waals surface area (Å²) in [6.45, 7) is 3.23. The molecule has 31 heavy (non-hydrogen) atoms. The molecule has 0 saturated carbocycles. The number of aromatic nitrogens is 2. The van der Waals surface area contributed by atoms with Gasteiger partial charge in [-0.15, -0.1) is 0 Å². The summed E-state index contributed by atoms with van der Waals surface area (Å²) in [6.07, 6.45) is -0.117. The van der Waals surface area contributed by atoms with E-state index in [2.05, 4.69) is 20.5 Å². The molecule has 0 spiro atoms.